The molecule has 0 aliphatic heterocycles. The van der Waals surface area contributed by atoms with E-state index in [0.717, 1.165) is 29.2 Å². The lowest BCUT2D eigenvalue weighted by Crippen LogP contribution is -2.31. The van der Waals surface area contributed by atoms with Crippen molar-refractivity contribution in [1.82, 2.24) is 0 Å². The maximum Gasteiger partial charge on any atom is 0.137 e. The highest BCUT2D eigenvalue weighted by molar-refractivity contribution is 6.33. The van der Waals surface area contributed by atoms with Gasteiger partial charge in [0.1, 0.15) is 5.75 Å². The molecule has 1 aromatic carbocycles. The summed E-state index contributed by atoms with van der Waals surface area (Å²) in [7, 11) is 1.64. The molecule has 15 heavy (non-hydrogen) atoms. The van der Waals surface area contributed by atoms with Crippen LogP contribution in [0.25, 0.3) is 0 Å². The van der Waals surface area contributed by atoms with Crippen molar-refractivity contribution in [1.29, 1.82) is 0 Å². The Bertz CT molecular complexity index is 372. The summed E-state index contributed by atoms with van der Waals surface area (Å²) in [4.78, 5) is 0. The fraction of sp³-hybridized carbons (Fsp3) is 0.500. The summed E-state index contributed by atoms with van der Waals surface area (Å²) in [5, 5.41) is 0.717. The molecule has 3 heteroatoms. The molecule has 1 atom stereocenters. The number of hydrogen-bond acceptors (Lipinski definition) is 2. The maximum absolute atomic E-state index is 6.30. The summed E-state index contributed by atoms with van der Waals surface area (Å²) >= 11 is 6.30. The molecule has 2 nitrogen and oxygen atoms in total. The molecule has 0 bridgehead atoms. The fourth-order valence-corrected chi connectivity index (χ4v) is 2.55. The Morgan fingerprint density at radius 1 is 1.47 bits per heavy atom. The van der Waals surface area contributed by atoms with Gasteiger partial charge in [0.25, 0.3) is 0 Å². The second-order valence-electron chi connectivity index (χ2n) is 4.27. The van der Waals surface area contributed by atoms with Crippen molar-refractivity contribution in [2.24, 2.45) is 5.73 Å². The van der Waals surface area contributed by atoms with Gasteiger partial charge < -0.3 is 10.5 Å². The molecule has 0 amide bonds. The molecule has 1 aliphatic rings. The monoisotopic (exact) mass is 225 g/mol. The van der Waals surface area contributed by atoms with Crippen LogP contribution < -0.4 is 10.5 Å². The van der Waals surface area contributed by atoms with E-state index in [1.54, 1.807) is 7.11 Å². The van der Waals surface area contributed by atoms with Gasteiger partial charge in [0.15, 0.2) is 0 Å². The van der Waals surface area contributed by atoms with E-state index in [0.29, 0.717) is 0 Å². The van der Waals surface area contributed by atoms with Gasteiger partial charge in [-0.2, -0.15) is 0 Å². The first-order valence-corrected chi connectivity index (χ1v) is 5.58. The molecule has 0 saturated heterocycles. The third-order valence-electron chi connectivity index (χ3n) is 3.38. The third-order valence-corrected chi connectivity index (χ3v) is 3.77. The molecule has 2 N–H and O–H groups in total. The van der Waals surface area contributed by atoms with Crippen molar-refractivity contribution < 1.29 is 4.74 Å². The van der Waals surface area contributed by atoms with Crippen molar-refractivity contribution in [2.75, 3.05) is 7.11 Å². The molecule has 1 saturated carbocycles. The van der Waals surface area contributed by atoms with Gasteiger partial charge in [0.05, 0.1) is 12.1 Å². The Labute approximate surface area is 95.4 Å². The first kappa shape index (κ1) is 10.8. The van der Waals surface area contributed by atoms with Crippen molar-refractivity contribution in [2.45, 2.75) is 31.2 Å². The van der Waals surface area contributed by atoms with Crippen LogP contribution in [0.5, 0.6) is 5.75 Å². The summed E-state index contributed by atoms with van der Waals surface area (Å²) in [6.45, 7) is 2.04. The van der Waals surface area contributed by atoms with Crippen molar-refractivity contribution in [3.8, 4) is 5.75 Å². The van der Waals surface area contributed by atoms with Gasteiger partial charge in [-0.1, -0.05) is 23.7 Å². The molecule has 0 radical (unpaired) electrons. The van der Waals surface area contributed by atoms with Gasteiger partial charge >= 0.3 is 0 Å². The van der Waals surface area contributed by atoms with Crippen LogP contribution in [0.1, 0.15) is 25.3 Å². The van der Waals surface area contributed by atoms with Crippen LogP contribution in [0, 0.1) is 0 Å². The van der Waals surface area contributed by atoms with Crippen LogP contribution in [-0.4, -0.2) is 13.2 Å². The number of hydrogen-bond donors (Lipinski definition) is 1. The Kier molecular flexibility index (Phi) is 2.65. The van der Waals surface area contributed by atoms with E-state index in [9.17, 15) is 0 Å². The first-order chi connectivity index (χ1) is 7.12. The molecule has 82 valence electrons. The van der Waals surface area contributed by atoms with Crippen molar-refractivity contribution in [3.63, 3.8) is 0 Å². The largest absolute Gasteiger partial charge is 0.495 e. The standard InChI is InChI=1S/C12H16ClNO/c1-8(14)12(6-7-12)9-4-3-5-10(15-2)11(9)13/h3-5,8H,6-7,14H2,1-2H3. The Morgan fingerprint density at radius 3 is 2.60 bits per heavy atom. The van der Waals surface area contributed by atoms with Crippen molar-refractivity contribution >= 4 is 11.6 Å². The second-order valence-corrected chi connectivity index (χ2v) is 4.64. The smallest absolute Gasteiger partial charge is 0.137 e. The maximum atomic E-state index is 6.30. The molecule has 0 aromatic heterocycles. The van der Waals surface area contributed by atoms with Crippen molar-refractivity contribution in [3.05, 3.63) is 28.8 Å². The van der Waals surface area contributed by atoms with Crippen LogP contribution >= 0.6 is 11.6 Å². The topological polar surface area (TPSA) is 35.2 Å². The zero-order valence-corrected chi connectivity index (χ0v) is 9.84. The lowest BCUT2D eigenvalue weighted by molar-refractivity contribution is 0.413. The molecule has 1 aliphatic carbocycles. The molecule has 1 fully saturated rings. The van der Waals surface area contributed by atoms with E-state index in [1.807, 2.05) is 19.1 Å². The molecular formula is C12H16ClNO. The lowest BCUT2D eigenvalue weighted by Gasteiger charge is -2.22. The van der Waals surface area contributed by atoms with E-state index < -0.39 is 0 Å². The molecule has 1 aromatic rings. The SMILES string of the molecule is COc1cccc(C2(C(C)N)CC2)c1Cl. The zero-order chi connectivity index (χ0) is 11.1. The Balaban J connectivity index is 2.45. The van der Waals surface area contributed by atoms with E-state index in [-0.39, 0.29) is 11.5 Å². The van der Waals surface area contributed by atoms with Crippen LogP contribution in [0.3, 0.4) is 0 Å². The van der Waals surface area contributed by atoms with Gasteiger partial charge in [-0.15, -0.1) is 0 Å². The molecule has 2 rings (SSSR count). The lowest BCUT2D eigenvalue weighted by atomic mass is 9.89. The van der Waals surface area contributed by atoms with Crippen LogP contribution in [0.4, 0.5) is 0 Å². The quantitative estimate of drug-likeness (QED) is 0.859. The third kappa shape index (κ3) is 1.62. The number of nitrogens with two attached hydrogens (primary N) is 1. The molecule has 1 unspecified atom stereocenters. The van der Waals surface area contributed by atoms with Gasteiger partial charge in [0.2, 0.25) is 0 Å². The minimum atomic E-state index is 0.0889. The van der Waals surface area contributed by atoms with Crippen LogP contribution in [0.2, 0.25) is 5.02 Å². The molecule has 0 heterocycles. The number of methoxy groups -OCH3 is 1. The average Bonchev–Trinajstić information content (AvgIpc) is 2.99. The molecular weight excluding hydrogens is 210 g/mol. The summed E-state index contributed by atoms with van der Waals surface area (Å²) in [6.07, 6.45) is 2.25. The highest BCUT2D eigenvalue weighted by atomic mass is 35.5. The van der Waals surface area contributed by atoms with E-state index in [2.05, 4.69) is 6.07 Å². The van der Waals surface area contributed by atoms with Gasteiger partial charge in [-0.3, -0.25) is 0 Å². The number of halogens is 1. The first-order valence-electron chi connectivity index (χ1n) is 5.20. The zero-order valence-electron chi connectivity index (χ0n) is 9.09. The predicted octanol–water partition coefficient (Wildman–Crippen LogP) is 2.73. The second kappa shape index (κ2) is 3.69. The summed E-state index contributed by atoms with van der Waals surface area (Å²) in [6, 6.07) is 6.05. The Morgan fingerprint density at radius 2 is 2.13 bits per heavy atom. The predicted molar refractivity (Wildman–Crippen MR) is 62.6 cm³/mol. The average molecular weight is 226 g/mol. The minimum Gasteiger partial charge on any atom is -0.495 e. The summed E-state index contributed by atoms with van der Waals surface area (Å²) < 4.78 is 5.22. The highest BCUT2D eigenvalue weighted by Crippen LogP contribution is 2.53. The van der Waals surface area contributed by atoms with E-state index >= 15 is 0 Å². The summed E-state index contributed by atoms with van der Waals surface area (Å²) in [5.74, 6) is 0.737. The number of ether oxygens (including phenoxy) is 1. The summed E-state index contributed by atoms with van der Waals surface area (Å²) in [5.41, 5.74) is 7.25. The van der Waals surface area contributed by atoms with Gasteiger partial charge in [0, 0.05) is 11.5 Å². The Hall–Kier alpha value is -0.730. The highest BCUT2D eigenvalue weighted by Gasteiger charge is 2.48. The van der Waals surface area contributed by atoms with E-state index in [4.69, 9.17) is 22.1 Å². The minimum absolute atomic E-state index is 0.0889. The fourth-order valence-electron chi connectivity index (χ4n) is 2.16. The van der Waals surface area contributed by atoms with Gasteiger partial charge in [-0.25, -0.2) is 0 Å². The number of benzene rings is 1. The molecule has 0 spiro atoms. The normalized spacial score (nSPS) is 19.7. The van der Waals surface area contributed by atoms with E-state index in [1.165, 1.54) is 0 Å². The number of rotatable bonds is 3. The van der Waals surface area contributed by atoms with Crippen LogP contribution in [0.15, 0.2) is 18.2 Å². The van der Waals surface area contributed by atoms with Gasteiger partial charge in [-0.05, 0) is 31.4 Å². The van der Waals surface area contributed by atoms with Crippen LogP contribution in [-0.2, 0) is 5.41 Å².